The van der Waals surface area contributed by atoms with Crippen molar-refractivity contribution in [1.29, 1.82) is 0 Å². The highest BCUT2D eigenvalue weighted by molar-refractivity contribution is 5.98. The molecule has 128 valence electrons. The van der Waals surface area contributed by atoms with Crippen molar-refractivity contribution in [3.63, 3.8) is 0 Å². The minimum atomic E-state index is -0.382. The Kier molecular flexibility index (Phi) is 4.70. The molecule has 4 nitrogen and oxygen atoms in total. The molecule has 0 amide bonds. The lowest BCUT2D eigenvalue weighted by Gasteiger charge is -2.09. The standard InChI is InChI=1S/C21H20O4/c1-4-15-10-21(23)25-20-11-16(7-8-17(15)20)24-12-19(22)18-9-13(2)5-6-14(18)3/h5-11H,4,12H2,1-3H3. The van der Waals surface area contributed by atoms with Crippen LogP contribution < -0.4 is 10.4 Å². The van der Waals surface area contributed by atoms with Crippen molar-refractivity contribution < 1.29 is 13.9 Å². The third kappa shape index (κ3) is 3.63. The van der Waals surface area contributed by atoms with Crippen molar-refractivity contribution >= 4 is 16.8 Å². The maximum absolute atomic E-state index is 12.4. The predicted molar refractivity (Wildman–Crippen MR) is 97.6 cm³/mol. The van der Waals surface area contributed by atoms with Crippen LogP contribution in [0.25, 0.3) is 11.0 Å². The van der Waals surface area contributed by atoms with Crippen molar-refractivity contribution in [3.05, 3.63) is 75.1 Å². The summed E-state index contributed by atoms with van der Waals surface area (Å²) in [4.78, 5) is 24.0. The zero-order valence-electron chi connectivity index (χ0n) is 14.6. The second-order valence-corrected chi connectivity index (χ2v) is 6.13. The van der Waals surface area contributed by atoms with Crippen molar-refractivity contribution in [3.8, 4) is 5.75 Å². The van der Waals surface area contributed by atoms with Gasteiger partial charge in [0.15, 0.2) is 12.4 Å². The first kappa shape index (κ1) is 17.0. The predicted octanol–water partition coefficient (Wildman–Crippen LogP) is 4.23. The highest BCUT2D eigenvalue weighted by atomic mass is 16.5. The lowest BCUT2D eigenvalue weighted by atomic mass is 10.0. The molecular formula is C21H20O4. The summed E-state index contributed by atoms with van der Waals surface area (Å²) in [7, 11) is 0. The normalized spacial score (nSPS) is 10.8. The molecule has 4 heteroatoms. The van der Waals surface area contributed by atoms with Gasteiger partial charge in [-0.3, -0.25) is 4.79 Å². The summed E-state index contributed by atoms with van der Waals surface area (Å²) in [6.07, 6.45) is 0.743. The fourth-order valence-corrected chi connectivity index (χ4v) is 2.86. The van der Waals surface area contributed by atoms with Crippen molar-refractivity contribution in [1.82, 2.24) is 0 Å². The molecule has 0 aliphatic rings. The third-order valence-corrected chi connectivity index (χ3v) is 4.25. The Balaban J connectivity index is 1.82. The Labute approximate surface area is 146 Å². The topological polar surface area (TPSA) is 56.5 Å². The monoisotopic (exact) mass is 336 g/mol. The average Bonchev–Trinajstić information content (AvgIpc) is 2.60. The van der Waals surface area contributed by atoms with Crippen LogP contribution in [0.5, 0.6) is 5.75 Å². The van der Waals surface area contributed by atoms with Gasteiger partial charge >= 0.3 is 5.63 Å². The van der Waals surface area contributed by atoms with Gasteiger partial charge in [0.2, 0.25) is 0 Å². The lowest BCUT2D eigenvalue weighted by Crippen LogP contribution is -2.13. The number of hydrogen-bond acceptors (Lipinski definition) is 4. The Morgan fingerprint density at radius 3 is 2.64 bits per heavy atom. The van der Waals surface area contributed by atoms with E-state index in [4.69, 9.17) is 9.15 Å². The van der Waals surface area contributed by atoms with Gasteiger partial charge in [-0.05, 0) is 49.6 Å². The van der Waals surface area contributed by atoms with Crippen molar-refractivity contribution in [2.45, 2.75) is 27.2 Å². The molecule has 1 aromatic heterocycles. The van der Waals surface area contributed by atoms with Gasteiger partial charge in [0.1, 0.15) is 11.3 Å². The minimum Gasteiger partial charge on any atom is -0.485 e. The van der Waals surface area contributed by atoms with E-state index in [9.17, 15) is 9.59 Å². The van der Waals surface area contributed by atoms with Crippen LogP contribution in [-0.4, -0.2) is 12.4 Å². The van der Waals surface area contributed by atoms with Crippen LogP contribution in [0.3, 0.4) is 0 Å². The van der Waals surface area contributed by atoms with Crippen molar-refractivity contribution in [2.24, 2.45) is 0 Å². The van der Waals surface area contributed by atoms with Gasteiger partial charge < -0.3 is 9.15 Å². The second kappa shape index (κ2) is 6.93. The first-order valence-electron chi connectivity index (χ1n) is 8.28. The first-order valence-corrected chi connectivity index (χ1v) is 8.28. The summed E-state index contributed by atoms with van der Waals surface area (Å²) in [6.45, 7) is 5.78. The van der Waals surface area contributed by atoms with E-state index in [1.165, 1.54) is 6.07 Å². The molecule has 3 rings (SSSR count). The van der Waals surface area contributed by atoms with Gasteiger partial charge in [-0.15, -0.1) is 0 Å². The number of aryl methyl sites for hydroxylation is 3. The van der Waals surface area contributed by atoms with E-state index in [0.717, 1.165) is 28.5 Å². The summed E-state index contributed by atoms with van der Waals surface area (Å²) >= 11 is 0. The molecule has 0 aliphatic carbocycles. The van der Waals surface area contributed by atoms with Crippen LogP contribution in [0.1, 0.15) is 34.0 Å². The number of hydrogen-bond donors (Lipinski definition) is 0. The van der Waals surface area contributed by atoms with Crippen LogP contribution in [0, 0.1) is 13.8 Å². The first-order chi connectivity index (χ1) is 12.0. The maximum Gasteiger partial charge on any atom is 0.336 e. The Morgan fingerprint density at radius 2 is 1.88 bits per heavy atom. The van der Waals surface area contributed by atoms with Gasteiger partial charge in [-0.25, -0.2) is 4.79 Å². The maximum atomic E-state index is 12.4. The third-order valence-electron chi connectivity index (χ3n) is 4.25. The van der Waals surface area contributed by atoms with Gasteiger partial charge in [-0.1, -0.05) is 24.6 Å². The lowest BCUT2D eigenvalue weighted by molar-refractivity contribution is 0.0921. The van der Waals surface area contributed by atoms with Crippen LogP contribution in [0.4, 0.5) is 0 Å². The number of rotatable bonds is 5. The van der Waals surface area contributed by atoms with Gasteiger partial charge in [0.25, 0.3) is 0 Å². The highest BCUT2D eigenvalue weighted by Gasteiger charge is 2.11. The van der Waals surface area contributed by atoms with Crippen LogP contribution in [0.15, 0.2) is 51.7 Å². The van der Waals surface area contributed by atoms with Gasteiger partial charge in [-0.2, -0.15) is 0 Å². The highest BCUT2D eigenvalue weighted by Crippen LogP contribution is 2.23. The van der Waals surface area contributed by atoms with Crippen LogP contribution in [-0.2, 0) is 6.42 Å². The number of carbonyl (C=O) groups is 1. The summed E-state index contributed by atoms with van der Waals surface area (Å²) in [6, 6.07) is 12.6. The molecule has 0 radical (unpaired) electrons. The fraction of sp³-hybridized carbons (Fsp3) is 0.238. The number of benzene rings is 2. The van der Waals surface area contributed by atoms with Crippen LogP contribution >= 0.6 is 0 Å². The summed E-state index contributed by atoms with van der Waals surface area (Å²) in [5, 5.41) is 0.885. The molecule has 2 aromatic carbocycles. The number of ketones is 1. The van der Waals surface area contributed by atoms with E-state index in [2.05, 4.69) is 0 Å². The van der Waals surface area contributed by atoms with E-state index in [0.29, 0.717) is 16.9 Å². The SMILES string of the molecule is CCc1cc(=O)oc2cc(OCC(=O)c3cc(C)ccc3C)ccc12. The molecule has 0 saturated heterocycles. The molecule has 1 heterocycles. The van der Waals surface area contributed by atoms with E-state index in [1.54, 1.807) is 12.1 Å². The summed E-state index contributed by atoms with van der Waals surface area (Å²) in [5.41, 5.74) is 3.66. The molecule has 0 saturated carbocycles. The molecule has 0 spiro atoms. The molecule has 3 aromatic rings. The Morgan fingerprint density at radius 1 is 1.08 bits per heavy atom. The molecule has 0 unspecified atom stereocenters. The zero-order chi connectivity index (χ0) is 18.0. The van der Waals surface area contributed by atoms with E-state index in [-0.39, 0.29) is 18.0 Å². The number of ether oxygens (including phenoxy) is 1. The quantitative estimate of drug-likeness (QED) is 0.517. The molecule has 0 bridgehead atoms. The summed E-state index contributed by atoms with van der Waals surface area (Å²) < 4.78 is 10.9. The van der Waals surface area contributed by atoms with E-state index in [1.807, 2.05) is 45.0 Å². The largest absolute Gasteiger partial charge is 0.485 e. The average molecular weight is 336 g/mol. The Hall–Kier alpha value is -2.88. The molecule has 0 atom stereocenters. The molecule has 0 fully saturated rings. The van der Waals surface area contributed by atoms with Crippen molar-refractivity contribution in [2.75, 3.05) is 6.61 Å². The summed E-state index contributed by atoms with van der Waals surface area (Å²) in [5.74, 6) is 0.424. The Bertz CT molecular complexity index is 998. The molecule has 0 aliphatic heterocycles. The number of fused-ring (bicyclic) bond motifs is 1. The number of Topliss-reactive ketones (excluding diaryl/α,β-unsaturated/α-hetero) is 1. The van der Waals surface area contributed by atoms with Gasteiger partial charge in [0, 0.05) is 23.1 Å². The fourth-order valence-electron chi connectivity index (χ4n) is 2.86. The minimum absolute atomic E-state index is 0.0620. The molecule has 0 N–H and O–H groups in total. The second-order valence-electron chi connectivity index (χ2n) is 6.13. The smallest absolute Gasteiger partial charge is 0.336 e. The molecule has 25 heavy (non-hydrogen) atoms. The zero-order valence-corrected chi connectivity index (χ0v) is 14.6. The number of carbonyl (C=O) groups excluding carboxylic acids is 1. The van der Waals surface area contributed by atoms with Gasteiger partial charge in [0.05, 0.1) is 0 Å². The molecular weight excluding hydrogens is 316 g/mol. The van der Waals surface area contributed by atoms with E-state index >= 15 is 0 Å². The van der Waals surface area contributed by atoms with E-state index < -0.39 is 0 Å². The van der Waals surface area contributed by atoms with Crippen LogP contribution in [0.2, 0.25) is 0 Å².